The van der Waals surface area contributed by atoms with E-state index in [4.69, 9.17) is 4.74 Å². The minimum Gasteiger partial charge on any atom is -0.491 e. The predicted molar refractivity (Wildman–Crippen MR) is 91.1 cm³/mol. The number of carbonyl (C=O) groups excluding carboxylic acids is 1. The highest BCUT2D eigenvalue weighted by Crippen LogP contribution is 2.14. The van der Waals surface area contributed by atoms with Crippen molar-refractivity contribution < 1.29 is 14.6 Å². The average Bonchev–Trinajstić information content (AvgIpc) is 2.60. The third-order valence-corrected chi connectivity index (χ3v) is 4.32. The number of nitrogens with zero attached hydrogens (tertiary/aromatic N) is 2. The van der Waals surface area contributed by atoms with Crippen molar-refractivity contribution in [1.29, 1.82) is 0 Å². The Hall–Kier alpha value is -1.43. The monoisotopic (exact) mass is 320 g/mol. The lowest BCUT2D eigenvalue weighted by atomic mass is 10.1. The maximum absolute atomic E-state index is 11.6. The summed E-state index contributed by atoms with van der Waals surface area (Å²) in [7, 11) is 0. The van der Waals surface area contributed by atoms with Crippen LogP contribution >= 0.6 is 0 Å². The average molecular weight is 320 g/mol. The Kier molecular flexibility index (Phi) is 7.02. The van der Waals surface area contributed by atoms with Gasteiger partial charge in [0.1, 0.15) is 18.5 Å². The minimum absolute atomic E-state index is 0.128. The van der Waals surface area contributed by atoms with Crippen LogP contribution in [-0.4, -0.2) is 72.7 Å². The molecule has 1 unspecified atom stereocenters. The van der Waals surface area contributed by atoms with Crippen molar-refractivity contribution in [3.05, 3.63) is 29.8 Å². The molecular formula is C18H28N2O3. The molecule has 1 heterocycles. The van der Waals surface area contributed by atoms with Gasteiger partial charge in [0.15, 0.2) is 5.78 Å². The molecular weight excluding hydrogens is 292 g/mol. The Morgan fingerprint density at radius 3 is 2.30 bits per heavy atom. The molecule has 0 amide bonds. The summed E-state index contributed by atoms with van der Waals surface area (Å²) in [5.41, 5.74) is 0.703. The van der Waals surface area contributed by atoms with Gasteiger partial charge in [0.05, 0.1) is 0 Å². The van der Waals surface area contributed by atoms with Crippen molar-refractivity contribution in [3.8, 4) is 5.75 Å². The zero-order chi connectivity index (χ0) is 16.7. The fourth-order valence-electron chi connectivity index (χ4n) is 2.77. The van der Waals surface area contributed by atoms with Crippen LogP contribution < -0.4 is 4.74 Å². The Bertz CT molecular complexity index is 482. The van der Waals surface area contributed by atoms with Crippen LogP contribution in [0.5, 0.6) is 5.75 Å². The van der Waals surface area contributed by atoms with E-state index in [1.54, 1.807) is 24.3 Å². The molecule has 1 aliphatic rings. The van der Waals surface area contributed by atoms with Crippen LogP contribution in [0.25, 0.3) is 0 Å². The highest BCUT2D eigenvalue weighted by molar-refractivity contribution is 5.95. The first kappa shape index (κ1) is 17.9. The number of rotatable bonds is 8. The van der Waals surface area contributed by atoms with Crippen LogP contribution in [0.4, 0.5) is 0 Å². The zero-order valence-corrected chi connectivity index (χ0v) is 14.2. The summed E-state index contributed by atoms with van der Waals surface area (Å²) >= 11 is 0. The number of hydrogen-bond acceptors (Lipinski definition) is 5. The number of β-amino-alcohol motifs (C(OH)–C–C–N with tert-alkyl or cyclic N) is 1. The summed E-state index contributed by atoms with van der Waals surface area (Å²) in [5, 5.41) is 10.1. The molecule has 1 aromatic rings. The topological polar surface area (TPSA) is 53.0 Å². The second-order valence-electron chi connectivity index (χ2n) is 6.00. The number of aliphatic hydroxyl groups is 1. The lowest BCUT2D eigenvalue weighted by Gasteiger charge is -2.34. The molecule has 1 aromatic carbocycles. The Balaban J connectivity index is 1.72. The molecule has 1 atom stereocenters. The SMILES string of the molecule is CCC(=O)c1ccc(OCC(O)CN2CCN(CC)CC2)cc1. The van der Waals surface area contributed by atoms with Gasteiger partial charge in [-0.1, -0.05) is 13.8 Å². The molecule has 1 saturated heterocycles. The first-order valence-corrected chi connectivity index (χ1v) is 8.51. The van der Waals surface area contributed by atoms with Crippen LogP contribution in [0.1, 0.15) is 30.6 Å². The number of Topliss-reactive ketones (excluding diaryl/α,β-unsaturated/α-hetero) is 1. The summed E-state index contributed by atoms with van der Waals surface area (Å²) in [6.07, 6.45) is 0.00430. The molecule has 5 heteroatoms. The number of ketones is 1. The van der Waals surface area contributed by atoms with Gasteiger partial charge in [-0.2, -0.15) is 0 Å². The number of carbonyl (C=O) groups is 1. The fraction of sp³-hybridized carbons (Fsp3) is 0.611. The summed E-state index contributed by atoms with van der Waals surface area (Å²) in [6, 6.07) is 7.13. The summed E-state index contributed by atoms with van der Waals surface area (Å²) < 4.78 is 5.62. The van der Waals surface area contributed by atoms with Gasteiger partial charge < -0.3 is 14.7 Å². The molecule has 5 nitrogen and oxygen atoms in total. The normalized spacial score (nSPS) is 17.9. The molecule has 0 radical (unpaired) electrons. The van der Waals surface area contributed by atoms with E-state index in [1.165, 1.54) is 0 Å². The van der Waals surface area contributed by atoms with E-state index in [0.29, 0.717) is 24.3 Å². The van der Waals surface area contributed by atoms with Crippen molar-refractivity contribution in [2.45, 2.75) is 26.4 Å². The van der Waals surface area contributed by atoms with E-state index in [1.807, 2.05) is 6.92 Å². The Labute approximate surface area is 138 Å². The molecule has 1 aliphatic heterocycles. The van der Waals surface area contributed by atoms with E-state index in [-0.39, 0.29) is 12.4 Å². The minimum atomic E-state index is -0.500. The number of likely N-dealkylation sites (N-methyl/N-ethyl adjacent to an activating group) is 1. The predicted octanol–water partition coefficient (Wildman–Crippen LogP) is 1.66. The van der Waals surface area contributed by atoms with Crippen molar-refractivity contribution in [3.63, 3.8) is 0 Å². The molecule has 2 rings (SSSR count). The first-order chi connectivity index (χ1) is 11.1. The van der Waals surface area contributed by atoms with Crippen LogP contribution in [0.3, 0.4) is 0 Å². The lowest BCUT2D eigenvalue weighted by molar-refractivity contribution is 0.0471. The molecule has 0 bridgehead atoms. The van der Waals surface area contributed by atoms with Crippen LogP contribution in [-0.2, 0) is 0 Å². The van der Waals surface area contributed by atoms with Gasteiger partial charge in [-0.15, -0.1) is 0 Å². The molecule has 0 aromatic heterocycles. The van der Waals surface area contributed by atoms with Crippen LogP contribution in [0.15, 0.2) is 24.3 Å². The van der Waals surface area contributed by atoms with Crippen LogP contribution in [0, 0.1) is 0 Å². The van der Waals surface area contributed by atoms with E-state index in [9.17, 15) is 9.90 Å². The smallest absolute Gasteiger partial charge is 0.162 e. The molecule has 23 heavy (non-hydrogen) atoms. The van der Waals surface area contributed by atoms with Crippen molar-refractivity contribution in [2.75, 3.05) is 45.9 Å². The van der Waals surface area contributed by atoms with E-state index in [2.05, 4.69) is 16.7 Å². The second-order valence-corrected chi connectivity index (χ2v) is 6.00. The summed E-state index contributed by atoms with van der Waals surface area (Å²) in [6.45, 7) is 10.2. The van der Waals surface area contributed by atoms with Gasteiger partial charge >= 0.3 is 0 Å². The third-order valence-electron chi connectivity index (χ3n) is 4.32. The molecule has 0 saturated carbocycles. The van der Waals surface area contributed by atoms with Crippen molar-refractivity contribution >= 4 is 5.78 Å². The number of benzene rings is 1. The first-order valence-electron chi connectivity index (χ1n) is 8.51. The third kappa shape index (κ3) is 5.61. The highest BCUT2D eigenvalue weighted by Gasteiger charge is 2.18. The summed E-state index contributed by atoms with van der Waals surface area (Å²) in [4.78, 5) is 16.3. The van der Waals surface area contributed by atoms with Crippen molar-refractivity contribution in [2.24, 2.45) is 0 Å². The molecule has 1 fully saturated rings. The number of hydrogen-bond donors (Lipinski definition) is 1. The molecule has 0 aliphatic carbocycles. The number of ether oxygens (including phenoxy) is 1. The highest BCUT2D eigenvalue weighted by atomic mass is 16.5. The lowest BCUT2D eigenvalue weighted by Crippen LogP contribution is -2.49. The number of piperazine rings is 1. The van der Waals surface area contributed by atoms with Gasteiger partial charge in [-0.3, -0.25) is 9.69 Å². The Morgan fingerprint density at radius 2 is 1.74 bits per heavy atom. The largest absolute Gasteiger partial charge is 0.491 e. The van der Waals surface area contributed by atoms with Gasteiger partial charge in [0, 0.05) is 44.7 Å². The molecule has 128 valence electrons. The molecule has 0 spiro atoms. The van der Waals surface area contributed by atoms with E-state index >= 15 is 0 Å². The van der Waals surface area contributed by atoms with E-state index < -0.39 is 6.10 Å². The number of aliphatic hydroxyl groups excluding tert-OH is 1. The van der Waals surface area contributed by atoms with Gasteiger partial charge in [0.2, 0.25) is 0 Å². The van der Waals surface area contributed by atoms with E-state index in [0.717, 1.165) is 32.7 Å². The second kappa shape index (κ2) is 9.01. The summed E-state index contributed by atoms with van der Waals surface area (Å²) in [5.74, 6) is 0.815. The quantitative estimate of drug-likeness (QED) is 0.738. The maximum Gasteiger partial charge on any atom is 0.162 e. The van der Waals surface area contributed by atoms with Gasteiger partial charge in [0.25, 0.3) is 0 Å². The van der Waals surface area contributed by atoms with Crippen LogP contribution in [0.2, 0.25) is 0 Å². The zero-order valence-electron chi connectivity index (χ0n) is 14.2. The van der Waals surface area contributed by atoms with Gasteiger partial charge in [-0.25, -0.2) is 0 Å². The fourth-order valence-corrected chi connectivity index (χ4v) is 2.77. The molecule has 1 N–H and O–H groups in total. The Morgan fingerprint density at radius 1 is 1.13 bits per heavy atom. The van der Waals surface area contributed by atoms with Gasteiger partial charge in [-0.05, 0) is 30.8 Å². The maximum atomic E-state index is 11.6. The standard InChI is InChI=1S/C18H28N2O3/c1-3-18(22)15-5-7-17(8-6-15)23-14-16(21)13-20-11-9-19(4-2)10-12-20/h5-8,16,21H,3-4,9-14H2,1-2H3. The van der Waals surface area contributed by atoms with Crippen molar-refractivity contribution in [1.82, 2.24) is 9.80 Å².